The van der Waals surface area contributed by atoms with Gasteiger partial charge in [0, 0.05) is 47.0 Å². The second kappa shape index (κ2) is 10.0. The fraction of sp³-hybridized carbons (Fsp3) is 0.364. The van der Waals surface area contributed by atoms with Crippen molar-refractivity contribution in [1.82, 2.24) is 0 Å². The third-order valence-corrected chi connectivity index (χ3v) is 12.9. The van der Waals surface area contributed by atoms with Crippen molar-refractivity contribution >= 4 is 28.6 Å². The summed E-state index contributed by atoms with van der Waals surface area (Å²) in [5.74, 6) is 0.0161. The number of nitrogens with zero attached hydrogens (tertiary/aromatic N) is 2. The lowest BCUT2D eigenvalue weighted by Crippen LogP contribution is -2.44. The lowest BCUT2D eigenvalue weighted by molar-refractivity contribution is -0.444. The van der Waals surface area contributed by atoms with Crippen LogP contribution in [0.25, 0.3) is 5.57 Å². The molecule has 1 N–H and O–H groups in total. The number of anilines is 1. The molecule has 0 bridgehead atoms. The van der Waals surface area contributed by atoms with Crippen LogP contribution in [-0.2, 0) is 15.6 Å². The van der Waals surface area contributed by atoms with E-state index >= 15 is 0 Å². The van der Waals surface area contributed by atoms with E-state index in [9.17, 15) is 9.90 Å². The van der Waals surface area contributed by atoms with Crippen molar-refractivity contribution in [3.8, 4) is 0 Å². The number of ether oxygens (including phenoxy) is 1. The topological polar surface area (TPSA) is 52.8 Å². The van der Waals surface area contributed by atoms with E-state index in [-0.39, 0.29) is 23.0 Å². The van der Waals surface area contributed by atoms with Crippen molar-refractivity contribution < 1.29 is 19.2 Å². The van der Waals surface area contributed by atoms with Gasteiger partial charge in [-0.15, -0.1) is 0 Å². The molecule has 1 unspecified atom stereocenters. The van der Waals surface area contributed by atoms with Gasteiger partial charge >= 0.3 is 5.97 Å². The highest BCUT2D eigenvalue weighted by atomic mass is 16.5. The highest BCUT2D eigenvalue weighted by Crippen LogP contribution is 2.57. The third-order valence-electron chi connectivity index (χ3n) is 12.9. The van der Waals surface area contributed by atoms with Crippen LogP contribution >= 0.6 is 0 Å². The molecule has 0 aromatic heterocycles. The first kappa shape index (κ1) is 29.4. The summed E-state index contributed by atoms with van der Waals surface area (Å²) in [4.78, 5) is 14.5. The number of aromatic carboxylic acids is 1. The molecule has 7 aliphatic rings. The second-order valence-corrected chi connectivity index (χ2v) is 16.2. The number of para-hydroxylation sites is 2. The van der Waals surface area contributed by atoms with Crippen molar-refractivity contribution in [3.05, 3.63) is 135 Å². The zero-order valence-electron chi connectivity index (χ0n) is 28.8. The number of hydrogen-bond acceptors (Lipinski definition) is 3. The van der Waals surface area contributed by atoms with Crippen LogP contribution in [0.4, 0.5) is 11.4 Å². The van der Waals surface area contributed by atoms with E-state index in [1.165, 1.54) is 61.8 Å². The van der Waals surface area contributed by atoms with Crippen LogP contribution < -0.4 is 4.90 Å². The molecule has 0 saturated heterocycles. The van der Waals surface area contributed by atoms with Gasteiger partial charge in [0.1, 0.15) is 6.54 Å². The Morgan fingerprint density at radius 2 is 1.51 bits per heavy atom. The lowest BCUT2D eigenvalue weighted by atomic mass is 9.67. The highest BCUT2D eigenvalue weighted by Gasteiger charge is 2.54. The Balaban J connectivity index is 1.20. The van der Waals surface area contributed by atoms with Gasteiger partial charge in [-0.2, -0.15) is 4.58 Å². The standard InChI is InChI=1S/C44H42N2O3/c1-43(2)33-9-5-7-11-35(33)45-19-17-27-21-37-31(23-29(27)40(43)45)39(25-13-15-26(16-14-25)42(47)48)32-24-30-28(22-38(32)49-37)18-20-46-36-12-8-6-10-34(36)44(3,4)41(30)46/h5-16,23-24,27-28,37-38H,17-22H2,1-4H3/p+1/t27-,28+,37+,38?/m1/s1. The maximum Gasteiger partial charge on any atom is 0.335 e. The largest absolute Gasteiger partial charge is 0.478 e. The number of allylic oxidation sites excluding steroid dienone is 4. The predicted molar refractivity (Wildman–Crippen MR) is 194 cm³/mol. The molecule has 0 saturated carbocycles. The third kappa shape index (κ3) is 3.97. The Labute approximate surface area is 288 Å². The van der Waals surface area contributed by atoms with Crippen LogP contribution in [0.15, 0.2) is 113 Å². The summed E-state index contributed by atoms with van der Waals surface area (Å²) in [6, 6.07) is 25.5. The van der Waals surface area contributed by atoms with Crippen LogP contribution in [0.2, 0.25) is 0 Å². The summed E-state index contributed by atoms with van der Waals surface area (Å²) in [6.07, 6.45) is 9.24. The van der Waals surface area contributed by atoms with Crippen molar-refractivity contribution in [3.63, 3.8) is 0 Å². The van der Waals surface area contributed by atoms with Crippen LogP contribution in [-0.4, -0.2) is 46.7 Å². The van der Waals surface area contributed by atoms with Gasteiger partial charge in [0.05, 0.1) is 23.2 Å². The lowest BCUT2D eigenvalue weighted by Gasteiger charge is -2.46. The molecule has 5 aliphatic heterocycles. The number of carboxylic acid groups (broad SMARTS) is 1. The first-order chi connectivity index (χ1) is 23.6. The fourth-order valence-electron chi connectivity index (χ4n) is 10.8. The van der Waals surface area contributed by atoms with Crippen LogP contribution in [0, 0.1) is 11.8 Å². The van der Waals surface area contributed by atoms with Crippen molar-refractivity contribution in [2.45, 2.75) is 76.4 Å². The molecule has 0 spiro atoms. The van der Waals surface area contributed by atoms with Gasteiger partial charge < -0.3 is 14.7 Å². The van der Waals surface area contributed by atoms with Gasteiger partial charge in [0.25, 0.3) is 0 Å². The van der Waals surface area contributed by atoms with E-state index in [1.807, 2.05) is 12.1 Å². The van der Waals surface area contributed by atoms with Crippen LogP contribution in [0.3, 0.4) is 0 Å². The molecule has 10 rings (SSSR count). The smallest absolute Gasteiger partial charge is 0.335 e. The van der Waals surface area contributed by atoms with Crippen molar-refractivity contribution in [2.75, 3.05) is 18.0 Å². The summed E-state index contributed by atoms with van der Waals surface area (Å²) in [7, 11) is 0. The summed E-state index contributed by atoms with van der Waals surface area (Å²) in [5.41, 5.74) is 16.3. The molecule has 49 heavy (non-hydrogen) atoms. The van der Waals surface area contributed by atoms with E-state index in [0.29, 0.717) is 17.4 Å². The molecule has 246 valence electrons. The molecular weight excluding hydrogens is 604 g/mol. The molecule has 5 heteroatoms. The summed E-state index contributed by atoms with van der Waals surface area (Å²) >= 11 is 0. The number of hydrogen-bond donors (Lipinski definition) is 1. The minimum atomic E-state index is -0.895. The monoisotopic (exact) mass is 647 g/mol. The van der Waals surface area contributed by atoms with Gasteiger partial charge in [-0.1, -0.05) is 68.5 Å². The summed E-state index contributed by atoms with van der Waals surface area (Å²) < 4.78 is 9.82. The number of benzene rings is 3. The molecule has 0 radical (unpaired) electrons. The highest BCUT2D eigenvalue weighted by molar-refractivity contribution is 6.09. The molecule has 3 aromatic carbocycles. The first-order valence-electron chi connectivity index (χ1n) is 18.2. The van der Waals surface area contributed by atoms with E-state index in [4.69, 9.17) is 4.74 Å². The maximum absolute atomic E-state index is 11.9. The molecule has 0 amide bonds. The summed E-state index contributed by atoms with van der Waals surface area (Å²) in [6.45, 7) is 11.6. The minimum Gasteiger partial charge on any atom is -0.478 e. The number of carbonyl (C=O) groups is 1. The van der Waals surface area contributed by atoms with Crippen LogP contribution in [0.5, 0.6) is 0 Å². The maximum atomic E-state index is 11.9. The van der Waals surface area contributed by atoms with E-state index in [0.717, 1.165) is 44.3 Å². The van der Waals surface area contributed by atoms with Crippen molar-refractivity contribution in [1.29, 1.82) is 0 Å². The molecule has 5 heterocycles. The zero-order chi connectivity index (χ0) is 33.4. The molecule has 4 atom stereocenters. The Morgan fingerprint density at radius 3 is 2.31 bits per heavy atom. The molecular formula is C44H43N2O3+. The predicted octanol–water partition coefficient (Wildman–Crippen LogP) is 8.73. The molecule has 5 nitrogen and oxygen atoms in total. The molecule has 3 aromatic rings. The van der Waals surface area contributed by atoms with E-state index in [2.05, 4.69) is 97.9 Å². The van der Waals surface area contributed by atoms with Crippen molar-refractivity contribution in [2.24, 2.45) is 11.8 Å². The van der Waals surface area contributed by atoms with Gasteiger partial charge in [0.15, 0.2) is 5.71 Å². The number of rotatable bonds is 2. The minimum absolute atomic E-state index is 0.0190. The van der Waals surface area contributed by atoms with Gasteiger partial charge in [-0.3, -0.25) is 0 Å². The van der Waals surface area contributed by atoms with Crippen LogP contribution in [0.1, 0.15) is 80.4 Å². The molecule has 2 aliphatic carbocycles. The second-order valence-electron chi connectivity index (χ2n) is 16.2. The average molecular weight is 648 g/mol. The molecule has 0 fully saturated rings. The Bertz CT molecular complexity index is 2160. The quantitative estimate of drug-likeness (QED) is 0.283. The Morgan fingerprint density at radius 1 is 0.796 bits per heavy atom. The fourth-order valence-corrected chi connectivity index (χ4v) is 10.8. The van der Waals surface area contributed by atoms with E-state index in [1.54, 1.807) is 12.1 Å². The van der Waals surface area contributed by atoms with E-state index < -0.39 is 5.97 Å². The van der Waals surface area contributed by atoms with Gasteiger partial charge in [0.2, 0.25) is 5.69 Å². The van der Waals surface area contributed by atoms with Gasteiger partial charge in [-0.25, -0.2) is 4.79 Å². The number of fused-ring (bicyclic) bond motifs is 10. The Hall–Kier alpha value is -4.48. The van der Waals surface area contributed by atoms with Gasteiger partial charge in [-0.05, 0) is 103 Å². The summed E-state index contributed by atoms with van der Waals surface area (Å²) in [5, 5.41) is 9.77. The average Bonchev–Trinajstić information content (AvgIpc) is 3.49. The Kier molecular flexibility index (Phi) is 6.03. The SMILES string of the molecule is CC1(C)C2=C3C=C4C(c5ccc(C(=O)O)cc5)=C5C=C6C7=[N+](CC[C@@H]6C[C@@H]5OC4C[C@@H]3CCN2c2ccccc21)c1ccccc1C7(C)C. The number of carboxylic acids is 1. The zero-order valence-corrected chi connectivity index (χ0v) is 28.8. The first-order valence-corrected chi connectivity index (χ1v) is 18.2. The normalized spacial score (nSPS) is 28.3.